The lowest BCUT2D eigenvalue weighted by Crippen LogP contribution is -2.52. The largest absolute Gasteiger partial charge is 0.323 e. The fourth-order valence-corrected chi connectivity index (χ4v) is 6.56. The number of benzene rings is 2. The van der Waals surface area contributed by atoms with Crippen LogP contribution in [-0.2, 0) is 14.2 Å². The van der Waals surface area contributed by atoms with Crippen molar-refractivity contribution in [1.29, 1.82) is 0 Å². The fraction of sp³-hybridized carbons (Fsp3) is 0.500. The van der Waals surface area contributed by atoms with Crippen molar-refractivity contribution in [2.24, 2.45) is 0 Å². The van der Waals surface area contributed by atoms with Gasteiger partial charge in [0.15, 0.2) is 0 Å². The highest BCUT2D eigenvalue weighted by Crippen LogP contribution is 2.54. The molecular weight excluding hydrogens is 368 g/mol. The molecule has 0 aromatic heterocycles. The van der Waals surface area contributed by atoms with Crippen LogP contribution in [0, 0.1) is 0 Å². The molecule has 3 fully saturated rings. The Hall–Kier alpha value is -1.33. The van der Waals surface area contributed by atoms with Crippen LogP contribution in [0.1, 0.15) is 57.1 Å². The maximum Gasteiger partial charge on any atom is 0.281 e. The van der Waals surface area contributed by atoms with Crippen molar-refractivity contribution in [3.63, 3.8) is 0 Å². The van der Waals surface area contributed by atoms with Crippen LogP contribution < -0.4 is 0 Å². The highest BCUT2D eigenvalue weighted by molar-refractivity contribution is 8.00. The van der Waals surface area contributed by atoms with E-state index in [1.165, 1.54) is 42.6 Å². The minimum absolute atomic E-state index is 0.0429. The Morgan fingerprint density at radius 3 is 2.21 bits per heavy atom. The molecule has 0 N–H and O–H groups in total. The fourth-order valence-electron chi connectivity index (χ4n) is 5.03. The second-order valence-corrected chi connectivity index (χ2v) is 9.84. The van der Waals surface area contributed by atoms with Gasteiger partial charge in [0.1, 0.15) is 6.10 Å². The third kappa shape index (κ3) is 3.52. The average molecular weight is 397 g/mol. The molecule has 4 atom stereocenters. The molecule has 5 rings (SSSR count). The topological polar surface area (TPSA) is 27.7 Å². The minimum Gasteiger partial charge on any atom is -0.323 e. The van der Waals surface area contributed by atoms with Crippen LogP contribution in [0.4, 0.5) is 0 Å². The van der Waals surface area contributed by atoms with Crippen molar-refractivity contribution in [3.8, 4) is 0 Å². The first-order valence-corrected chi connectivity index (χ1v) is 11.3. The molecule has 28 heavy (non-hydrogen) atoms. The van der Waals surface area contributed by atoms with E-state index in [2.05, 4.69) is 54.6 Å². The Morgan fingerprint density at radius 1 is 0.821 bits per heavy atom. The molecule has 3 aliphatic rings. The van der Waals surface area contributed by atoms with Crippen molar-refractivity contribution in [2.75, 3.05) is 0 Å². The SMILES string of the molecule is C[C@]12O[C@H](c3ccccc3)[C@@H](C[C@H](C3(Sc4ccccc4)CCCCC3)O1)O2. The van der Waals surface area contributed by atoms with Gasteiger partial charge in [-0.2, -0.15) is 0 Å². The maximum atomic E-state index is 6.57. The third-order valence-corrected chi connectivity index (χ3v) is 7.91. The van der Waals surface area contributed by atoms with E-state index in [0.717, 1.165) is 6.42 Å². The van der Waals surface area contributed by atoms with Gasteiger partial charge in [-0.3, -0.25) is 0 Å². The molecule has 0 unspecified atom stereocenters. The van der Waals surface area contributed by atoms with Gasteiger partial charge in [-0.05, 0) is 30.5 Å². The second kappa shape index (κ2) is 7.49. The van der Waals surface area contributed by atoms with Gasteiger partial charge in [-0.1, -0.05) is 67.8 Å². The van der Waals surface area contributed by atoms with Crippen LogP contribution in [0.5, 0.6) is 0 Å². The van der Waals surface area contributed by atoms with Crippen LogP contribution in [0.15, 0.2) is 65.6 Å². The number of fused-ring (bicyclic) bond motifs is 2. The minimum atomic E-state index is -0.949. The number of hydrogen-bond acceptors (Lipinski definition) is 4. The van der Waals surface area contributed by atoms with E-state index in [-0.39, 0.29) is 23.1 Å². The molecule has 4 heteroatoms. The smallest absolute Gasteiger partial charge is 0.281 e. The summed E-state index contributed by atoms with van der Waals surface area (Å²) >= 11 is 2.01. The van der Waals surface area contributed by atoms with Crippen LogP contribution in [-0.4, -0.2) is 22.9 Å². The van der Waals surface area contributed by atoms with E-state index in [1.54, 1.807) is 0 Å². The van der Waals surface area contributed by atoms with Crippen LogP contribution >= 0.6 is 11.8 Å². The Morgan fingerprint density at radius 2 is 1.50 bits per heavy atom. The molecule has 0 amide bonds. The summed E-state index contributed by atoms with van der Waals surface area (Å²) in [4.78, 5) is 1.33. The van der Waals surface area contributed by atoms with Crippen molar-refractivity contribution in [1.82, 2.24) is 0 Å². The first-order chi connectivity index (χ1) is 13.7. The van der Waals surface area contributed by atoms with E-state index >= 15 is 0 Å². The second-order valence-electron chi connectivity index (χ2n) is 8.35. The molecule has 0 radical (unpaired) electrons. The summed E-state index contributed by atoms with van der Waals surface area (Å²) in [5, 5.41) is 0. The first kappa shape index (κ1) is 18.7. The zero-order valence-corrected chi connectivity index (χ0v) is 17.2. The number of thioether (sulfide) groups is 1. The van der Waals surface area contributed by atoms with Gasteiger partial charge in [-0.15, -0.1) is 11.8 Å². The molecule has 1 aliphatic carbocycles. The summed E-state index contributed by atoms with van der Waals surface area (Å²) in [7, 11) is 0. The number of hydrogen-bond donors (Lipinski definition) is 0. The summed E-state index contributed by atoms with van der Waals surface area (Å²) < 4.78 is 19.2. The molecule has 2 aliphatic heterocycles. The molecule has 2 aromatic carbocycles. The molecule has 2 aromatic rings. The van der Waals surface area contributed by atoms with Crippen molar-refractivity contribution < 1.29 is 14.2 Å². The average Bonchev–Trinajstić information content (AvgIpc) is 2.98. The highest BCUT2D eigenvalue weighted by atomic mass is 32.2. The highest BCUT2D eigenvalue weighted by Gasteiger charge is 2.57. The van der Waals surface area contributed by atoms with Gasteiger partial charge in [0.25, 0.3) is 5.97 Å². The van der Waals surface area contributed by atoms with Gasteiger partial charge in [0, 0.05) is 23.0 Å². The molecule has 1 saturated carbocycles. The normalized spacial score (nSPS) is 34.2. The summed E-state index contributed by atoms with van der Waals surface area (Å²) in [6, 6.07) is 21.2. The molecule has 148 valence electrons. The quantitative estimate of drug-likeness (QED) is 0.624. The van der Waals surface area contributed by atoms with E-state index in [9.17, 15) is 0 Å². The summed E-state index contributed by atoms with van der Waals surface area (Å²) in [5.41, 5.74) is 1.17. The summed E-state index contributed by atoms with van der Waals surface area (Å²) in [6.45, 7) is 1.94. The standard InChI is InChI=1S/C24H28O3S/c1-23-25-20(22(27-23)18-11-5-2-6-12-18)17-21(26-23)24(15-9-4-10-16-24)28-19-13-7-3-8-14-19/h2-3,5-8,11-14,20-22H,4,9-10,15-17H2,1H3/t20-,21-,22-,23-/m1/s1. The van der Waals surface area contributed by atoms with Crippen molar-refractivity contribution >= 4 is 11.8 Å². The van der Waals surface area contributed by atoms with Gasteiger partial charge >= 0.3 is 0 Å². The Kier molecular flexibility index (Phi) is 5.00. The zero-order valence-electron chi connectivity index (χ0n) is 16.4. The molecule has 2 bridgehead atoms. The van der Waals surface area contributed by atoms with E-state index < -0.39 is 5.97 Å². The summed E-state index contributed by atoms with van der Waals surface area (Å²) in [5.74, 6) is -0.949. The lowest BCUT2D eigenvalue weighted by atomic mass is 9.81. The van der Waals surface area contributed by atoms with Crippen LogP contribution in [0.25, 0.3) is 0 Å². The van der Waals surface area contributed by atoms with E-state index in [1.807, 2.05) is 24.8 Å². The van der Waals surface area contributed by atoms with Crippen LogP contribution in [0.2, 0.25) is 0 Å². The van der Waals surface area contributed by atoms with Gasteiger partial charge < -0.3 is 14.2 Å². The molecule has 3 nitrogen and oxygen atoms in total. The van der Waals surface area contributed by atoms with Crippen molar-refractivity contribution in [2.45, 2.75) is 79.4 Å². The first-order valence-electron chi connectivity index (χ1n) is 10.5. The van der Waals surface area contributed by atoms with E-state index in [4.69, 9.17) is 14.2 Å². The maximum absolute atomic E-state index is 6.57. The lowest BCUT2D eigenvalue weighted by molar-refractivity contribution is -0.369. The Balaban J connectivity index is 1.43. The summed E-state index contributed by atoms with van der Waals surface area (Å²) in [6.07, 6.45) is 7.25. The zero-order chi connectivity index (χ0) is 19.0. The van der Waals surface area contributed by atoms with Gasteiger partial charge in [0.05, 0.1) is 12.2 Å². The van der Waals surface area contributed by atoms with Crippen molar-refractivity contribution in [3.05, 3.63) is 66.2 Å². The van der Waals surface area contributed by atoms with Crippen LogP contribution in [0.3, 0.4) is 0 Å². The monoisotopic (exact) mass is 396 g/mol. The Bertz CT molecular complexity index is 790. The van der Waals surface area contributed by atoms with Gasteiger partial charge in [0.2, 0.25) is 0 Å². The molecule has 2 saturated heterocycles. The third-order valence-electron chi connectivity index (χ3n) is 6.33. The predicted molar refractivity (Wildman–Crippen MR) is 111 cm³/mol. The van der Waals surface area contributed by atoms with Gasteiger partial charge in [-0.25, -0.2) is 0 Å². The lowest BCUT2D eigenvalue weighted by Gasteiger charge is -2.47. The Labute approximate surface area is 171 Å². The molecule has 0 spiro atoms. The molecular formula is C24H28O3S. The predicted octanol–water partition coefficient (Wildman–Crippen LogP) is 6.10. The number of rotatable bonds is 4. The molecule has 2 heterocycles. The van der Waals surface area contributed by atoms with E-state index in [0.29, 0.717) is 0 Å². The number of ether oxygens (including phenoxy) is 3.